The minimum Gasteiger partial charge on any atom is -0.480 e. The van der Waals surface area contributed by atoms with E-state index in [0.717, 1.165) is 12.4 Å². The summed E-state index contributed by atoms with van der Waals surface area (Å²) in [4.78, 5) is 20.9. The predicted octanol–water partition coefficient (Wildman–Crippen LogP) is 3.16. The molecule has 27 heavy (non-hydrogen) atoms. The lowest BCUT2D eigenvalue weighted by molar-refractivity contribution is 0.0699. The number of aromatic nitrogens is 2. The Kier molecular flexibility index (Phi) is 4.41. The molecule has 1 aromatic carbocycles. The number of aromatic amines is 1. The van der Waals surface area contributed by atoms with Crippen molar-refractivity contribution in [2.24, 2.45) is 0 Å². The minimum absolute atomic E-state index is 0.178. The zero-order valence-corrected chi connectivity index (χ0v) is 15.3. The summed E-state index contributed by atoms with van der Waals surface area (Å²) in [5, 5.41) is 20.1. The van der Waals surface area contributed by atoms with Crippen molar-refractivity contribution >= 4 is 34.3 Å². The number of carboxylic acids is 1. The van der Waals surface area contributed by atoms with Gasteiger partial charge in [-0.25, -0.2) is 4.79 Å². The number of halogens is 1. The third kappa shape index (κ3) is 3.09. The number of aliphatic hydroxyl groups excluding tert-OH is 1. The molecular formula is C19H18ClN3O4. The molecule has 0 aliphatic carbocycles. The Morgan fingerprint density at radius 3 is 2.85 bits per heavy atom. The second kappa shape index (κ2) is 6.75. The molecule has 3 heterocycles. The van der Waals surface area contributed by atoms with Crippen LogP contribution in [0.2, 0.25) is 5.02 Å². The Morgan fingerprint density at radius 2 is 2.19 bits per heavy atom. The summed E-state index contributed by atoms with van der Waals surface area (Å²) >= 11 is 6.45. The molecule has 0 bridgehead atoms. The van der Waals surface area contributed by atoms with Crippen LogP contribution < -0.4 is 9.64 Å². The van der Waals surface area contributed by atoms with Crippen molar-refractivity contribution in [2.45, 2.75) is 12.5 Å². The number of aliphatic hydroxyl groups is 1. The molecule has 3 N–H and O–H groups in total. The number of carboxylic acid groups (broad SMARTS) is 1. The molecule has 0 spiro atoms. The largest absolute Gasteiger partial charge is 0.480 e. The van der Waals surface area contributed by atoms with Gasteiger partial charge in [-0.15, -0.1) is 0 Å². The van der Waals surface area contributed by atoms with E-state index in [4.69, 9.17) is 16.3 Å². The summed E-state index contributed by atoms with van der Waals surface area (Å²) in [6.07, 6.45) is 1.81. The molecule has 0 saturated carbocycles. The number of hydrogen-bond acceptors (Lipinski definition) is 5. The molecule has 8 heteroatoms. The first-order chi connectivity index (χ1) is 13.0. The number of rotatable bonds is 4. The smallest absolute Gasteiger partial charge is 0.337 e. The Hall–Kier alpha value is -2.77. The van der Waals surface area contributed by atoms with Crippen LogP contribution in [0.3, 0.4) is 0 Å². The number of aromatic carboxylic acids is 1. The van der Waals surface area contributed by atoms with Gasteiger partial charge in [-0.2, -0.15) is 4.98 Å². The molecule has 0 radical (unpaired) electrons. The first-order valence-corrected chi connectivity index (χ1v) is 8.88. The fourth-order valence-electron chi connectivity index (χ4n) is 3.44. The highest BCUT2D eigenvalue weighted by Crippen LogP contribution is 2.38. The topological polar surface area (TPSA) is 98.7 Å². The molecular weight excluding hydrogens is 370 g/mol. The first kappa shape index (κ1) is 17.6. The van der Waals surface area contributed by atoms with Gasteiger partial charge >= 0.3 is 5.97 Å². The maximum atomic E-state index is 11.4. The molecule has 3 aromatic rings. The van der Waals surface area contributed by atoms with Gasteiger partial charge in [0.1, 0.15) is 5.82 Å². The maximum Gasteiger partial charge on any atom is 0.337 e. The van der Waals surface area contributed by atoms with E-state index in [1.54, 1.807) is 12.1 Å². The summed E-state index contributed by atoms with van der Waals surface area (Å²) in [5.74, 6) is 0.0994. The van der Waals surface area contributed by atoms with E-state index in [1.165, 1.54) is 13.3 Å². The third-order valence-electron chi connectivity index (χ3n) is 4.82. The summed E-state index contributed by atoms with van der Waals surface area (Å²) in [6, 6.07) is 7.14. The summed E-state index contributed by atoms with van der Waals surface area (Å²) in [5.41, 5.74) is 2.14. The van der Waals surface area contributed by atoms with Gasteiger partial charge in [0.2, 0.25) is 5.88 Å². The maximum absolute atomic E-state index is 11.4. The van der Waals surface area contributed by atoms with Crippen LogP contribution in [0.5, 0.6) is 5.88 Å². The van der Waals surface area contributed by atoms with Crippen molar-refractivity contribution in [3.8, 4) is 17.0 Å². The zero-order valence-electron chi connectivity index (χ0n) is 14.6. The molecule has 1 fully saturated rings. The lowest BCUT2D eigenvalue weighted by Crippen LogP contribution is -2.22. The van der Waals surface area contributed by atoms with Crippen LogP contribution >= 0.6 is 11.6 Å². The van der Waals surface area contributed by atoms with Gasteiger partial charge in [-0.05, 0) is 30.7 Å². The normalized spacial score (nSPS) is 16.9. The number of fused-ring (bicyclic) bond motifs is 1. The highest BCUT2D eigenvalue weighted by Gasteiger charge is 2.23. The molecule has 4 rings (SSSR count). The average molecular weight is 388 g/mol. The molecule has 1 saturated heterocycles. The van der Waals surface area contributed by atoms with E-state index in [1.807, 2.05) is 17.0 Å². The molecule has 1 aliphatic heterocycles. The van der Waals surface area contributed by atoms with Gasteiger partial charge in [0.15, 0.2) is 0 Å². The number of ether oxygens (including phenoxy) is 1. The zero-order chi connectivity index (χ0) is 19.1. The highest BCUT2D eigenvalue weighted by molar-refractivity contribution is 6.34. The highest BCUT2D eigenvalue weighted by atomic mass is 35.5. The van der Waals surface area contributed by atoms with Crippen molar-refractivity contribution < 1.29 is 19.7 Å². The number of nitrogens with zero attached hydrogens (tertiary/aromatic N) is 2. The Labute approximate surface area is 160 Å². The average Bonchev–Trinajstić information content (AvgIpc) is 3.26. The monoisotopic (exact) mass is 387 g/mol. The predicted molar refractivity (Wildman–Crippen MR) is 103 cm³/mol. The molecule has 1 unspecified atom stereocenters. The number of benzene rings is 1. The van der Waals surface area contributed by atoms with Crippen LogP contribution in [-0.2, 0) is 0 Å². The van der Waals surface area contributed by atoms with Crippen LogP contribution in [0.25, 0.3) is 22.0 Å². The van der Waals surface area contributed by atoms with Crippen LogP contribution in [0.1, 0.15) is 16.8 Å². The number of hydrogen-bond donors (Lipinski definition) is 3. The standard InChI is InChI=1S/C19H18ClN3O4/c1-27-18-11(2-3-17(22-18)23-5-4-10(24)9-23)12-6-13-14(19(25)26)8-21-16(13)7-15(12)20/h2-3,6-8,10,21,24H,4-5,9H2,1H3,(H,25,26). The van der Waals surface area contributed by atoms with E-state index in [9.17, 15) is 15.0 Å². The van der Waals surface area contributed by atoms with E-state index in [2.05, 4.69) is 9.97 Å². The van der Waals surface area contributed by atoms with Crippen LogP contribution in [0, 0.1) is 0 Å². The molecule has 7 nitrogen and oxygen atoms in total. The van der Waals surface area contributed by atoms with E-state index >= 15 is 0 Å². The number of pyridine rings is 1. The number of H-pyrrole nitrogens is 1. The summed E-state index contributed by atoms with van der Waals surface area (Å²) in [7, 11) is 1.53. The van der Waals surface area contributed by atoms with Gasteiger partial charge in [0.05, 0.1) is 23.8 Å². The lowest BCUT2D eigenvalue weighted by Gasteiger charge is -2.19. The van der Waals surface area contributed by atoms with Crippen molar-refractivity contribution in [3.63, 3.8) is 0 Å². The number of β-amino-alcohol motifs (C(OH)–C–C–N with tert-alkyl or cyclic N) is 1. The van der Waals surface area contributed by atoms with Crippen molar-refractivity contribution in [1.82, 2.24) is 9.97 Å². The van der Waals surface area contributed by atoms with Crippen LogP contribution in [0.4, 0.5) is 5.82 Å². The molecule has 1 aliphatic rings. The van der Waals surface area contributed by atoms with Crippen molar-refractivity contribution in [2.75, 3.05) is 25.1 Å². The fraction of sp³-hybridized carbons (Fsp3) is 0.263. The van der Waals surface area contributed by atoms with Gasteiger partial charge in [-0.1, -0.05) is 11.6 Å². The molecule has 2 aromatic heterocycles. The minimum atomic E-state index is -1.01. The summed E-state index contributed by atoms with van der Waals surface area (Å²) < 4.78 is 5.47. The second-order valence-electron chi connectivity index (χ2n) is 6.50. The fourth-order valence-corrected chi connectivity index (χ4v) is 3.71. The Morgan fingerprint density at radius 1 is 1.37 bits per heavy atom. The van der Waals surface area contributed by atoms with E-state index < -0.39 is 5.97 Å². The van der Waals surface area contributed by atoms with Crippen LogP contribution in [0.15, 0.2) is 30.5 Å². The van der Waals surface area contributed by atoms with Crippen LogP contribution in [-0.4, -0.2) is 52.5 Å². The van der Waals surface area contributed by atoms with Gasteiger partial charge in [0.25, 0.3) is 0 Å². The quantitative estimate of drug-likeness (QED) is 0.636. The summed E-state index contributed by atoms with van der Waals surface area (Å²) in [6.45, 7) is 1.27. The van der Waals surface area contributed by atoms with Crippen molar-refractivity contribution in [1.29, 1.82) is 0 Å². The van der Waals surface area contributed by atoms with E-state index in [-0.39, 0.29) is 11.7 Å². The molecule has 1 atom stereocenters. The lowest BCUT2D eigenvalue weighted by atomic mass is 10.0. The van der Waals surface area contributed by atoms with Gasteiger partial charge < -0.3 is 24.8 Å². The SMILES string of the molecule is COc1nc(N2CCC(O)C2)ccc1-c1cc2c(C(=O)O)c[nH]c2cc1Cl. The number of anilines is 1. The van der Waals surface area contributed by atoms with E-state index in [0.29, 0.717) is 45.9 Å². The molecule has 140 valence electrons. The Balaban J connectivity index is 1.81. The van der Waals surface area contributed by atoms with Gasteiger partial charge in [0, 0.05) is 41.3 Å². The van der Waals surface area contributed by atoms with Gasteiger partial charge in [-0.3, -0.25) is 0 Å². The Bertz CT molecular complexity index is 1030. The first-order valence-electron chi connectivity index (χ1n) is 8.50. The van der Waals surface area contributed by atoms with Crippen molar-refractivity contribution in [3.05, 3.63) is 41.0 Å². The number of carbonyl (C=O) groups is 1. The second-order valence-corrected chi connectivity index (χ2v) is 6.91. The molecule has 0 amide bonds. The third-order valence-corrected chi connectivity index (χ3v) is 5.13. The number of methoxy groups -OCH3 is 1. The number of nitrogens with one attached hydrogen (secondary N) is 1.